The Labute approximate surface area is 182 Å². The van der Waals surface area contributed by atoms with Gasteiger partial charge in [-0.1, -0.05) is 6.07 Å². The molecule has 0 aliphatic carbocycles. The standard InChI is InChI=1S/C21H21F3N4O3S/c1-32(30,31)20-26-18(17-7-3-6-12-28(17)20)19(29)25-15-13-14(21(22,23)24)8-9-16(15)27-10-4-2-5-11-27/h3,6-9,12-13H,2,4-5,10-11H2,1H3,(H,25,29). The average molecular weight is 466 g/mol. The molecule has 1 saturated heterocycles. The number of rotatable bonds is 4. The molecule has 170 valence electrons. The molecule has 0 bridgehead atoms. The largest absolute Gasteiger partial charge is 0.416 e. The number of pyridine rings is 1. The molecule has 32 heavy (non-hydrogen) atoms. The van der Waals surface area contributed by atoms with Crippen LogP contribution in [0.5, 0.6) is 0 Å². The second kappa shape index (κ2) is 8.12. The van der Waals surface area contributed by atoms with E-state index in [1.165, 1.54) is 22.7 Å². The second-order valence-corrected chi connectivity index (χ2v) is 9.61. The van der Waals surface area contributed by atoms with Gasteiger partial charge in [-0.15, -0.1) is 0 Å². The number of sulfone groups is 1. The van der Waals surface area contributed by atoms with Crippen molar-refractivity contribution < 1.29 is 26.4 Å². The Morgan fingerprint density at radius 3 is 2.47 bits per heavy atom. The van der Waals surface area contributed by atoms with E-state index in [4.69, 9.17) is 0 Å². The Hall–Kier alpha value is -3.08. The summed E-state index contributed by atoms with van der Waals surface area (Å²) in [5, 5.41) is 2.22. The molecule has 1 aliphatic heterocycles. The van der Waals surface area contributed by atoms with Gasteiger partial charge in [-0.05, 0) is 49.6 Å². The highest BCUT2D eigenvalue weighted by Crippen LogP contribution is 2.36. The first kappa shape index (κ1) is 22.1. The van der Waals surface area contributed by atoms with Crippen molar-refractivity contribution >= 4 is 32.6 Å². The van der Waals surface area contributed by atoms with Crippen molar-refractivity contribution in [1.82, 2.24) is 9.38 Å². The van der Waals surface area contributed by atoms with Gasteiger partial charge < -0.3 is 10.2 Å². The Morgan fingerprint density at radius 1 is 1.09 bits per heavy atom. The minimum atomic E-state index is -4.58. The number of fused-ring (bicyclic) bond motifs is 1. The fourth-order valence-electron chi connectivity index (χ4n) is 3.84. The van der Waals surface area contributed by atoms with E-state index in [0.29, 0.717) is 18.8 Å². The van der Waals surface area contributed by atoms with Crippen LogP contribution >= 0.6 is 0 Å². The number of hydrogen-bond donors (Lipinski definition) is 1. The van der Waals surface area contributed by atoms with Crippen LogP contribution in [0.4, 0.5) is 24.5 Å². The predicted molar refractivity (Wildman–Crippen MR) is 114 cm³/mol. The third-order valence-corrected chi connectivity index (χ3v) is 6.28. The van der Waals surface area contributed by atoms with Gasteiger partial charge in [0.05, 0.1) is 22.5 Å². The van der Waals surface area contributed by atoms with Crippen LogP contribution in [-0.2, 0) is 16.0 Å². The van der Waals surface area contributed by atoms with Gasteiger partial charge >= 0.3 is 6.18 Å². The van der Waals surface area contributed by atoms with Crippen molar-refractivity contribution in [3.8, 4) is 0 Å². The monoisotopic (exact) mass is 466 g/mol. The normalized spacial score (nSPS) is 15.2. The molecule has 1 aliphatic rings. The summed E-state index contributed by atoms with van der Waals surface area (Å²) in [5.41, 5.74) is -0.354. The summed E-state index contributed by atoms with van der Waals surface area (Å²) >= 11 is 0. The van der Waals surface area contributed by atoms with Gasteiger partial charge in [0.15, 0.2) is 5.69 Å². The minimum Gasteiger partial charge on any atom is -0.370 e. The third kappa shape index (κ3) is 4.29. The van der Waals surface area contributed by atoms with Gasteiger partial charge in [-0.25, -0.2) is 13.4 Å². The molecule has 0 unspecified atom stereocenters. The molecule has 2 aromatic heterocycles. The maximum absolute atomic E-state index is 13.3. The highest BCUT2D eigenvalue weighted by atomic mass is 32.2. The molecule has 4 rings (SSSR count). The average Bonchev–Trinajstić information content (AvgIpc) is 3.14. The Balaban J connectivity index is 1.77. The molecule has 0 radical (unpaired) electrons. The number of carbonyl (C=O) groups is 1. The topological polar surface area (TPSA) is 83.8 Å². The predicted octanol–water partition coefficient (Wildman–Crippen LogP) is 4.00. The zero-order valence-electron chi connectivity index (χ0n) is 17.2. The Kier molecular flexibility index (Phi) is 5.61. The van der Waals surface area contributed by atoms with E-state index in [0.717, 1.165) is 37.7 Å². The molecule has 3 aromatic rings. The van der Waals surface area contributed by atoms with Crippen LogP contribution in [0.2, 0.25) is 0 Å². The van der Waals surface area contributed by atoms with Gasteiger partial charge in [0.25, 0.3) is 5.91 Å². The van der Waals surface area contributed by atoms with Crippen LogP contribution in [0.3, 0.4) is 0 Å². The summed E-state index contributed by atoms with van der Waals surface area (Å²) in [7, 11) is -3.75. The van der Waals surface area contributed by atoms with Gasteiger partial charge in [0, 0.05) is 25.5 Å². The zero-order valence-corrected chi connectivity index (χ0v) is 18.0. The van der Waals surface area contributed by atoms with Crippen molar-refractivity contribution in [2.24, 2.45) is 0 Å². The van der Waals surface area contributed by atoms with E-state index >= 15 is 0 Å². The highest BCUT2D eigenvalue weighted by Gasteiger charge is 2.32. The SMILES string of the molecule is CS(=O)(=O)c1nc(C(=O)Nc2cc(C(F)(F)F)ccc2N2CCCCC2)c2ccccn12. The van der Waals surface area contributed by atoms with Crippen molar-refractivity contribution in [2.45, 2.75) is 30.6 Å². The summed E-state index contributed by atoms with van der Waals surface area (Å²) in [4.78, 5) is 19.0. The zero-order chi connectivity index (χ0) is 23.1. The van der Waals surface area contributed by atoms with E-state index in [1.807, 2.05) is 4.90 Å². The molecule has 1 amide bonds. The molecule has 1 aromatic carbocycles. The van der Waals surface area contributed by atoms with Gasteiger partial charge in [0.2, 0.25) is 15.0 Å². The number of piperidine rings is 1. The summed E-state index contributed by atoms with van der Waals surface area (Å²) in [6.07, 6.45) is 0.685. The van der Waals surface area contributed by atoms with E-state index in [9.17, 15) is 26.4 Å². The number of nitrogens with zero attached hydrogens (tertiary/aromatic N) is 3. The lowest BCUT2D eigenvalue weighted by molar-refractivity contribution is -0.137. The number of halogens is 3. The van der Waals surface area contributed by atoms with Crippen LogP contribution in [0.15, 0.2) is 47.8 Å². The van der Waals surface area contributed by atoms with E-state index in [2.05, 4.69) is 10.3 Å². The number of hydrogen-bond acceptors (Lipinski definition) is 5. The number of benzene rings is 1. The molecule has 0 spiro atoms. The molecule has 11 heteroatoms. The summed E-state index contributed by atoms with van der Waals surface area (Å²) < 4.78 is 65.5. The quantitative estimate of drug-likeness (QED) is 0.629. The van der Waals surface area contributed by atoms with E-state index in [1.54, 1.807) is 12.1 Å². The highest BCUT2D eigenvalue weighted by molar-refractivity contribution is 7.90. The van der Waals surface area contributed by atoms with Crippen molar-refractivity contribution in [1.29, 1.82) is 0 Å². The molecule has 7 nitrogen and oxygen atoms in total. The van der Waals surface area contributed by atoms with Gasteiger partial charge in [0.1, 0.15) is 0 Å². The first-order valence-electron chi connectivity index (χ1n) is 10.0. The maximum Gasteiger partial charge on any atom is 0.416 e. The van der Waals surface area contributed by atoms with Crippen molar-refractivity contribution in [2.75, 3.05) is 29.6 Å². The summed E-state index contributed by atoms with van der Waals surface area (Å²) in [5.74, 6) is -0.791. The number of carbonyl (C=O) groups excluding carboxylic acids is 1. The van der Waals surface area contributed by atoms with Gasteiger partial charge in [-0.2, -0.15) is 13.2 Å². The van der Waals surface area contributed by atoms with E-state index < -0.39 is 27.5 Å². The number of imidazole rings is 1. The Bertz CT molecular complexity index is 1280. The lowest BCUT2D eigenvalue weighted by Crippen LogP contribution is -2.30. The minimum absolute atomic E-state index is 0.00436. The van der Waals surface area contributed by atoms with Crippen molar-refractivity contribution in [3.05, 3.63) is 53.9 Å². The van der Waals surface area contributed by atoms with Gasteiger partial charge in [-0.3, -0.25) is 9.20 Å². The number of anilines is 2. The molecule has 3 heterocycles. The molecule has 0 atom stereocenters. The summed E-state index contributed by atoms with van der Waals surface area (Å²) in [6.45, 7) is 1.33. The molecule has 1 fully saturated rings. The van der Waals surface area contributed by atoms with Crippen LogP contribution in [0.25, 0.3) is 5.52 Å². The fourth-order valence-corrected chi connectivity index (χ4v) is 4.62. The lowest BCUT2D eigenvalue weighted by Gasteiger charge is -2.31. The van der Waals surface area contributed by atoms with Crippen LogP contribution in [0, 0.1) is 0 Å². The first-order valence-corrected chi connectivity index (χ1v) is 11.9. The molecular weight excluding hydrogens is 445 g/mol. The fraction of sp³-hybridized carbons (Fsp3) is 0.333. The van der Waals surface area contributed by atoms with Crippen LogP contribution in [0.1, 0.15) is 35.3 Å². The third-order valence-electron chi connectivity index (χ3n) is 5.33. The van der Waals surface area contributed by atoms with E-state index in [-0.39, 0.29) is 22.1 Å². The van der Waals surface area contributed by atoms with Crippen molar-refractivity contribution in [3.63, 3.8) is 0 Å². The second-order valence-electron chi connectivity index (χ2n) is 7.70. The molecule has 1 N–H and O–H groups in total. The smallest absolute Gasteiger partial charge is 0.370 e. The van der Waals surface area contributed by atoms with Crippen LogP contribution < -0.4 is 10.2 Å². The lowest BCUT2D eigenvalue weighted by atomic mass is 10.1. The number of amides is 1. The molecule has 0 saturated carbocycles. The Morgan fingerprint density at radius 2 is 1.81 bits per heavy atom. The summed E-state index contributed by atoms with van der Waals surface area (Å²) in [6, 6.07) is 7.98. The number of alkyl halides is 3. The number of nitrogens with one attached hydrogen (secondary N) is 1. The number of aromatic nitrogens is 2. The first-order chi connectivity index (χ1) is 15.1. The maximum atomic E-state index is 13.3. The molecular formula is C21H21F3N4O3S. The van der Waals surface area contributed by atoms with Crippen LogP contribution in [-0.4, -0.2) is 43.1 Å².